The zero-order chi connectivity index (χ0) is 53.9. The summed E-state index contributed by atoms with van der Waals surface area (Å²) in [7, 11) is 1.75. The number of carbonyl (C=O) groups excluding carboxylic acids is 4. The largest absolute Gasteiger partial charge is 0.417 e. The van der Waals surface area contributed by atoms with Gasteiger partial charge in [-0.15, -0.1) is 0 Å². The summed E-state index contributed by atoms with van der Waals surface area (Å²) in [6.07, 6.45) is -6.20. The van der Waals surface area contributed by atoms with E-state index in [1.54, 1.807) is 143 Å². The number of hydrogen-bond donors (Lipinski definition) is 3. The van der Waals surface area contributed by atoms with E-state index in [2.05, 4.69) is 25.9 Å². The normalized spacial score (nSPS) is 14.3. The van der Waals surface area contributed by atoms with Gasteiger partial charge in [0.25, 0.3) is 11.8 Å². The van der Waals surface area contributed by atoms with Crippen molar-refractivity contribution in [3.63, 3.8) is 0 Å². The molecule has 0 bridgehead atoms. The first-order valence-electron chi connectivity index (χ1n) is 23.5. The van der Waals surface area contributed by atoms with Crippen molar-refractivity contribution < 1.29 is 45.5 Å². The van der Waals surface area contributed by atoms with E-state index < -0.39 is 57.3 Å². The van der Waals surface area contributed by atoms with Gasteiger partial charge in [-0.3, -0.25) is 38.8 Å². The van der Waals surface area contributed by atoms with Gasteiger partial charge in [0.2, 0.25) is 11.8 Å². The molecule has 0 atom stereocenters. The summed E-state index contributed by atoms with van der Waals surface area (Å²) in [4.78, 5) is 56.2. The van der Waals surface area contributed by atoms with E-state index in [1.165, 1.54) is 40.3 Å². The van der Waals surface area contributed by atoms with Crippen LogP contribution in [0.25, 0.3) is 22.3 Å². The van der Waals surface area contributed by atoms with Crippen LogP contribution in [0.15, 0.2) is 146 Å². The van der Waals surface area contributed by atoms with Crippen LogP contribution in [0, 0.1) is 13.8 Å². The van der Waals surface area contributed by atoms with Gasteiger partial charge in [-0.25, -0.2) is 0 Å². The second-order valence-corrected chi connectivity index (χ2v) is 19.4. The number of nitrogens with one attached hydrogen (secondary N) is 3. The molecule has 6 aromatic carbocycles. The summed E-state index contributed by atoms with van der Waals surface area (Å²) in [6.45, 7) is 10.8. The molecule has 0 unspecified atom stereocenters. The molecule has 4 amide bonds. The third kappa shape index (κ3) is 9.85. The minimum absolute atomic E-state index is 0. The van der Waals surface area contributed by atoms with E-state index in [0.29, 0.717) is 67.8 Å². The van der Waals surface area contributed by atoms with Gasteiger partial charge in [0.05, 0.1) is 50.7 Å². The Bertz CT molecular complexity index is 3550. The molecule has 10 rings (SSSR count). The number of rotatable bonds is 8. The lowest BCUT2D eigenvalue weighted by Crippen LogP contribution is -2.33. The first-order valence-corrected chi connectivity index (χ1v) is 23.5. The van der Waals surface area contributed by atoms with Crippen molar-refractivity contribution in [2.75, 3.05) is 20.4 Å². The Hall–Kier alpha value is -8.80. The average molecular weight is 1040 g/mol. The number of benzene rings is 6. The minimum Gasteiger partial charge on any atom is -0.322 e. The molecule has 2 aliphatic rings. The van der Waals surface area contributed by atoms with E-state index in [4.69, 9.17) is 0 Å². The highest BCUT2D eigenvalue weighted by Crippen LogP contribution is 2.51. The first kappa shape index (κ1) is 53.5. The maximum atomic E-state index is 13.9. The molecular weight excluding hydrogens is 987 g/mol. The topological polar surface area (TPSA) is 145 Å². The Morgan fingerprint density at radius 2 is 1.01 bits per heavy atom. The number of aromatic nitrogens is 4. The molecule has 12 nitrogen and oxygen atoms in total. The lowest BCUT2D eigenvalue weighted by molar-refractivity contribution is -0.138. The van der Waals surface area contributed by atoms with Crippen LogP contribution in [0.5, 0.6) is 0 Å². The fraction of sp³-hybridized carbons (Fsp3) is 0.207. The van der Waals surface area contributed by atoms with E-state index >= 15 is 0 Å². The van der Waals surface area contributed by atoms with Crippen LogP contribution in [0.2, 0.25) is 0 Å². The lowest BCUT2D eigenvalue weighted by Gasteiger charge is -2.21. The van der Waals surface area contributed by atoms with Crippen molar-refractivity contribution in [2.24, 2.45) is 7.05 Å². The summed E-state index contributed by atoms with van der Waals surface area (Å²) in [5.74, 6) is -1.22. The highest BCUT2D eigenvalue weighted by Gasteiger charge is 2.48. The molecule has 0 saturated carbocycles. The van der Waals surface area contributed by atoms with Crippen molar-refractivity contribution in [3.05, 3.63) is 190 Å². The number of hydrogen-bond acceptors (Lipinski definition) is 6. The molecule has 2 aromatic heterocycles. The zero-order valence-corrected chi connectivity index (χ0v) is 41.5. The second-order valence-electron chi connectivity index (χ2n) is 19.4. The average Bonchev–Trinajstić information content (AvgIpc) is 4.14. The van der Waals surface area contributed by atoms with Gasteiger partial charge in [-0.2, -0.15) is 36.5 Å². The molecule has 0 spiro atoms. The Kier molecular flexibility index (Phi) is 13.9. The van der Waals surface area contributed by atoms with E-state index in [0.717, 1.165) is 23.3 Å². The molecule has 18 heteroatoms. The molecule has 0 radical (unpaired) electrons. The summed E-state index contributed by atoms with van der Waals surface area (Å²) < 4.78 is 85.1. The maximum Gasteiger partial charge on any atom is 0.417 e. The molecule has 0 fully saturated rings. The molecule has 0 aliphatic carbocycles. The quantitative estimate of drug-likeness (QED) is 0.129. The molecule has 76 heavy (non-hydrogen) atoms. The standard InChI is InChI=1S/C29H25F3N4O2.C28H23F3N4O2.CH4/c1-17-8-11-19(12-9-17)33-26(37)21-16-18(10-13-22(21)29(30,31)32)20-6-5-7-23-25(20)28(2,3)27(38)36(23)24-14-15-35(4)34-24;1-16-7-10-18(11-8-16)33-25(36)20-15-17(9-12-21(20)28(29,30)31)19-5-4-6-22-24(19)27(2,3)26(37)35(22)23-13-14-32-34-23;/h5-16H,1-4H3,(H,33,37);4-15H,1-3H3,(H,32,34)(H,33,36);1H4. The number of fused-ring (bicyclic) bond motifs is 2. The van der Waals surface area contributed by atoms with Crippen LogP contribution in [-0.4, -0.2) is 43.6 Å². The van der Waals surface area contributed by atoms with Crippen LogP contribution >= 0.6 is 0 Å². The van der Waals surface area contributed by atoms with E-state index in [-0.39, 0.29) is 19.2 Å². The summed E-state index contributed by atoms with van der Waals surface area (Å²) >= 11 is 0. The monoisotopic (exact) mass is 1040 g/mol. The molecule has 3 N–H and O–H groups in total. The summed E-state index contributed by atoms with van der Waals surface area (Å²) in [5, 5.41) is 16.2. The summed E-state index contributed by atoms with van der Waals surface area (Å²) in [5.41, 5.74) is 2.05. The number of carbonyl (C=O) groups is 4. The zero-order valence-electron chi connectivity index (χ0n) is 41.5. The van der Waals surface area contributed by atoms with Gasteiger partial charge in [-0.05, 0) is 136 Å². The maximum absolute atomic E-state index is 13.9. The van der Waals surface area contributed by atoms with Crippen LogP contribution < -0.4 is 20.4 Å². The Morgan fingerprint density at radius 3 is 1.41 bits per heavy atom. The third-order valence-corrected chi connectivity index (χ3v) is 13.3. The van der Waals surface area contributed by atoms with Gasteiger partial charge in [0.1, 0.15) is 5.82 Å². The molecule has 8 aromatic rings. The van der Waals surface area contributed by atoms with Crippen LogP contribution in [-0.2, 0) is 39.8 Å². The Morgan fingerprint density at radius 1 is 0.579 bits per heavy atom. The van der Waals surface area contributed by atoms with Crippen LogP contribution in [0.4, 0.5) is 60.7 Å². The predicted octanol–water partition coefficient (Wildman–Crippen LogP) is 13.9. The number of nitrogens with zero attached hydrogens (tertiary/aromatic N) is 5. The molecule has 0 saturated heterocycles. The summed E-state index contributed by atoms with van der Waals surface area (Å²) in [6, 6.07) is 34.5. The number of aryl methyl sites for hydroxylation is 3. The molecule has 4 heterocycles. The van der Waals surface area contributed by atoms with E-state index in [1.807, 2.05) is 13.8 Å². The number of aromatic amines is 1. The molecule has 390 valence electrons. The first-order chi connectivity index (χ1) is 35.4. The van der Waals surface area contributed by atoms with Gasteiger partial charge in [-0.1, -0.05) is 79.2 Å². The molecule has 2 aliphatic heterocycles. The van der Waals surface area contributed by atoms with Gasteiger partial charge < -0.3 is 10.6 Å². The number of anilines is 6. The fourth-order valence-electron chi connectivity index (χ4n) is 9.57. The number of halogens is 6. The number of amides is 4. The van der Waals surface area contributed by atoms with Gasteiger partial charge in [0, 0.05) is 36.8 Å². The van der Waals surface area contributed by atoms with Crippen molar-refractivity contribution in [2.45, 2.75) is 72.2 Å². The Balaban J connectivity index is 0.000000199. The predicted molar refractivity (Wildman–Crippen MR) is 281 cm³/mol. The highest BCUT2D eigenvalue weighted by atomic mass is 19.4. The highest BCUT2D eigenvalue weighted by molar-refractivity contribution is 6.15. The minimum atomic E-state index is -4.73. The van der Waals surface area contributed by atoms with Crippen molar-refractivity contribution in [3.8, 4) is 22.3 Å². The Labute approximate surface area is 434 Å². The lowest BCUT2D eigenvalue weighted by atomic mass is 9.81. The van der Waals surface area contributed by atoms with Crippen molar-refractivity contribution in [1.29, 1.82) is 0 Å². The van der Waals surface area contributed by atoms with Crippen molar-refractivity contribution in [1.82, 2.24) is 20.0 Å². The van der Waals surface area contributed by atoms with Gasteiger partial charge in [0.15, 0.2) is 5.82 Å². The number of alkyl halides is 6. The van der Waals surface area contributed by atoms with Crippen molar-refractivity contribution >= 4 is 58.0 Å². The number of H-pyrrole nitrogens is 1. The second kappa shape index (κ2) is 19.8. The van der Waals surface area contributed by atoms with E-state index in [9.17, 15) is 45.5 Å². The SMILES string of the molecule is C.Cc1ccc(NC(=O)c2cc(-c3cccc4c3C(C)(C)C(=O)N4c3ccn(C)n3)ccc2C(F)(F)F)cc1.Cc1ccc(NC(=O)c2cc(-c3cccc4c3C(C)(C)C(=O)N4c3ccn[nH]3)ccc2C(F)(F)F)cc1. The van der Waals surface area contributed by atoms with Gasteiger partial charge >= 0.3 is 12.4 Å². The van der Waals surface area contributed by atoms with Crippen LogP contribution in [0.3, 0.4) is 0 Å². The molecular formula is C58H52F6N8O4. The van der Waals surface area contributed by atoms with Crippen LogP contribution in [0.1, 0.15) is 89.2 Å². The smallest absolute Gasteiger partial charge is 0.322 e. The third-order valence-electron chi connectivity index (χ3n) is 13.3. The fourth-order valence-corrected chi connectivity index (χ4v) is 9.57.